The van der Waals surface area contributed by atoms with Gasteiger partial charge in [0.2, 0.25) is 11.1 Å². The van der Waals surface area contributed by atoms with E-state index in [2.05, 4.69) is 179 Å². The Balaban J connectivity index is 0.000000297. The van der Waals surface area contributed by atoms with E-state index >= 15 is 0 Å². The molecule has 0 aliphatic carbocycles. The Morgan fingerprint density at radius 2 is 0.938 bits per heavy atom. The number of hydrogen-bond donors (Lipinski definition) is 4. The lowest BCUT2D eigenvalue weighted by molar-refractivity contribution is 0.182. The molecule has 0 bridgehead atoms. The van der Waals surface area contributed by atoms with Gasteiger partial charge in [0.1, 0.15) is 24.7 Å². The van der Waals surface area contributed by atoms with Crippen LogP contribution in [0.3, 0.4) is 0 Å². The fourth-order valence-electron chi connectivity index (χ4n) is 8.16. The van der Waals surface area contributed by atoms with Crippen molar-refractivity contribution in [2.24, 2.45) is 5.73 Å². The van der Waals surface area contributed by atoms with E-state index in [9.17, 15) is 9.59 Å². The van der Waals surface area contributed by atoms with Gasteiger partial charge in [-0.3, -0.25) is 9.59 Å². The maximum absolute atomic E-state index is 12.4. The number of alkyl halides is 1. The molecule has 0 saturated carbocycles. The molecular weight excluding hydrogens is 1230 g/mol. The number of ether oxygens (including phenoxy) is 2. The number of pyridine rings is 2. The van der Waals surface area contributed by atoms with Gasteiger partial charge in [-0.05, 0) is 144 Å². The standard InChI is InChI=1S/C32H39BrN2O3Si.C24H30BrNO3Si.C8H10BrN.CH4.H2/c1-32(2,3)39(4,5)38-29(21-34-20-19-23-11-13-25(33)14-12-23)26-15-17-28(31-27(26)16-18-30(36)35-31)37-22-24-9-7-6-8-10-24;1-24(2,3)30(4,5)29-21(15-25)18-11-13-20(23-19(18)12-14-22(27)26-23)28-16-17-9-7-6-8-10-17;9-8-3-1-7(2-4-8)5-6-10;;/h6-18,29,34H,19-22H2,1-5H3,(H,35,36);6-14,21H,15-16H2,1-5H3,(H,26,27);1-4H,5-6,10H2;1H4;1H/t29-;21-;;;/m00.../s1. The van der Waals surface area contributed by atoms with Gasteiger partial charge in [0.25, 0.3) is 0 Å². The highest BCUT2D eigenvalue weighted by Crippen LogP contribution is 2.43. The molecule has 2 atom stereocenters. The number of fused-ring (bicyclic) bond motifs is 2. The predicted octanol–water partition coefficient (Wildman–Crippen LogP) is 17.2. The summed E-state index contributed by atoms with van der Waals surface area (Å²) in [5.74, 6) is 1.32. The molecule has 0 amide bonds. The molecule has 80 heavy (non-hydrogen) atoms. The van der Waals surface area contributed by atoms with E-state index in [1.54, 1.807) is 12.1 Å². The molecule has 430 valence electrons. The van der Waals surface area contributed by atoms with E-state index in [1.807, 2.05) is 97.1 Å². The lowest BCUT2D eigenvalue weighted by Gasteiger charge is -2.39. The molecule has 2 aromatic heterocycles. The first-order valence-electron chi connectivity index (χ1n) is 26.9. The zero-order valence-electron chi connectivity index (χ0n) is 47.5. The van der Waals surface area contributed by atoms with Gasteiger partial charge in [-0.15, -0.1) is 0 Å². The van der Waals surface area contributed by atoms with Crippen LogP contribution in [-0.2, 0) is 34.9 Å². The summed E-state index contributed by atoms with van der Waals surface area (Å²) in [6.07, 6.45) is 1.61. The summed E-state index contributed by atoms with van der Waals surface area (Å²) in [7, 11) is -4.08. The Morgan fingerprint density at radius 1 is 0.537 bits per heavy atom. The first-order chi connectivity index (χ1) is 37.5. The van der Waals surface area contributed by atoms with Crippen LogP contribution in [0.25, 0.3) is 21.8 Å². The molecule has 0 saturated heterocycles. The van der Waals surface area contributed by atoms with Crippen LogP contribution in [0.4, 0.5) is 0 Å². The van der Waals surface area contributed by atoms with Gasteiger partial charge in [-0.25, -0.2) is 0 Å². The van der Waals surface area contributed by atoms with Gasteiger partial charge >= 0.3 is 0 Å². The Morgan fingerprint density at radius 3 is 1.34 bits per heavy atom. The van der Waals surface area contributed by atoms with E-state index in [4.69, 9.17) is 24.1 Å². The molecule has 0 aliphatic rings. The van der Waals surface area contributed by atoms with Crippen LogP contribution in [0, 0.1) is 0 Å². The van der Waals surface area contributed by atoms with Gasteiger partial charge in [0.15, 0.2) is 16.6 Å². The molecule has 5 N–H and O–H groups in total. The van der Waals surface area contributed by atoms with Crippen LogP contribution >= 0.6 is 47.8 Å². The molecule has 6 aromatic carbocycles. The van der Waals surface area contributed by atoms with Gasteiger partial charge in [0.05, 0.1) is 23.2 Å². The highest BCUT2D eigenvalue weighted by atomic mass is 79.9. The summed E-state index contributed by atoms with van der Waals surface area (Å²) in [6, 6.07) is 51.6. The molecule has 0 spiro atoms. The van der Waals surface area contributed by atoms with E-state index in [1.165, 1.54) is 11.1 Å². The highest BCUT2D eigenvalue weighted by Gasteiger charge is 2.41. The third kappa shape index (κ3) is 19.1. The molecule has 0 unspecified atom stereocenters. The minimum atomic E-state index is -2.10. The molecule has 0 radical (unpaired) electrons. The number of halogens is 3. The van der Waals surface area contributed by atoms with E-state index in [0.717, 1.165) is 67.9 Å². The predicted molar refractivity (Wildman–Crippen MR) is 353 cm³/mol. The summed E-state index contributed by atoms with van der Waals surface area (Å²) >= 11 is 10.5. The molecule has 0 fully saturated rings. The van der Waals surface area contributed by atoms with Crippen molar-refractivity contribution in [1.29, 1.82) is 0 Å². The second kappa shape index (κ2) is 30.4. The first-order valence-corrected chi connectivity index (χ1v) is 35.5. The number of aromatic nitrogens is 2. The van der Waals surface area contributed by atoms with Crippen LogP contribution in [0.15, 0.2) is 176 Å². The maximum atomic E-state index is 12.4. The SMILES string of the molecule is C.CC(C)(C)[Si](C)(C)O[C@@H](CBr)c1ccc(OCc2ccccc2)c2[nH]c(=O)ccc12.CC(C)(C)[Si](C)(C)O[C@@H](CNCCc1ccc(Br)cc1)c1ccc(OCc2ccccc2)c2[nH]c(=O)ccc12.NCCc1ccc(Br)cc1.[HH]. The fraction of sp³-hybridized carbons (Fsp3) is 0.354. The summed E-state index contributed by atoms with van der Waals surface area (Å²) in [5, 5.41) is 6.38. The van der Waals surface area contributed by atoms with E-state index < -0.39 is 16.6 Å². The minimum absolute atomic E-state index is 0. The Kier molecular flexibility index (Phi) is 25.0. The summed E-state index contributed by atoms with van der Waals surface area (Å²) < 4.78 is 28.2. The molecule has 0 aliphatic heterocycles. The third-order valence-electron chi connectivity index (χ3n) is 14.8. The molecular formula is C65H85Br3N4O6Si2. The average Bonchev–Trinajstić information content (AvgIpc) is 3.41. The second-order valence-corrected chi connectivity index (χ2v) is 34.7. The number of nitrogens with one attached hydrogen (secondary N) is 3. The number of nitrogens with two attached hydrogens (primary N) is 1. The number of benzene rings is 6. The Labute approximate surface area is 504 Å². The Bertz CT molecular complexity index is 3300. The zero-order valence-corrected chi connectivity index (χ0v) is 54.2. The molecule has 10 nitrogen and oxygen atoms in total. The van der Waals surface area contributed by atoms with Crippen molar-refractivity contribution in [1.82, 2.24) is 15.3 Å². The van der Waals surface area contributed by atoms with Gasteiger partial charge in [0, 0.05) is 45.2 Å². The smallest absolute Gasteiger partial charge is 0.248 e. The van der Waals surface area contributed by atoms with Crippen molar-refractivity contribution in [2.75, 3.05) is 25.0 Å². The number of rotatable bonds is 20. The normalized spacial score (nSPS) is 12.6. The summed E-state index contributed by atoms with van der Waals surface area (Å²) in [5.41, 5.74) is 13.3. The first kappa shape index (κ1) is 65.9. The van der Waals surface area contributed by atoms with Crippen molar-refractivity contribution in [3.05, 3.63) is 221 Å². The number of H-pyrrole nitrogens is 2. The van der Waals surface area contributed by atoms with Gasteiger partial charge in [-0.2, -0.15) is 0 Å². The summed E-state index contributed by atoms with van der Waals surface area (Å²) in [4.78, 5) is 30.4. The van der Waals surface area contributed by atoms with Crippen molar-refractivity contribution in [2.45, 2.75) is 123 Å². The van der Waals surface area contributed by atoms with Crippen LogP contribution in [0.5, 0.6) is 11.5 Å². The fourth-order valence-corrected chi connectivity index (χ4v) is 12.0. The largest absolute Gasteiger partial charge is 0.487 e. The summed E-state index contributed by atoms with van der Waals surface area (Å²) in [6.45, 7) is 25.6. The van der Waals surface area contributed by atoms with Crippen LogP contribution in [0.2, 0.25) is 36.3 Å². The average molecular weight is 1310 g/mol. The van der Waals surface area contributed by atoms with Gasteiger partial charge < -0.3 is 39.3 Å². The quantitative estimate of drug-likeness (QED) is 0.0336. The molecule has 8 rings (SSSR count). The second-order valence-electron chi connectivity index (χ2n) is 22.7. The van der Waals surface area contributed by atoms with E-state index in [0.29, 0.717) is 47.6 Å². The van der Waals surface area contributed by atoms with Crippen molar-refractivity contribution in [3.8, 4) is 11.5 Å². The molecule has 15 heteroatoms. The zero-order chi connectivity index (χ0) is 57.4. The molecule has 8 aromatic rings. The lowest BCUT2D eigenvalue weighted by atomic mass is 10.0. The maximum Gasteiger partial charge on any atom is 0.248 e. The van der Waals surface area contributed by atoms with Crippen LogP contribution < -0.4 is 31.6 Å². The van der Waals surface area contributed by atoms with Crippen molar-refractivity contribution >= 4 is 86.2 Å². The lowest BCUT2D eigenvalue weighted by Crippen LogP contribution is -2.43. The van der Waals surface area contributed by atoms with Gasteiger partial charge in [-0.1, -0.05) is 194 Å². The number of hydrogen-bond acceptors (Lipinski definition) is 8. The van der Waals surface area contributed by atoms with Crippen molar-refractivity contribution < 1.29 is 19.8 Å². The van der Waals surface area contributed by atoms with Crippen molar-refractivity contribution in [3.63, 3.8) is 0 Å². The van der Waals surface area contributed by atoms with Crippen LogP contribution in [-0.4, -0.2) is 51.6 Å². The number of aromatic amines is 2. The monoisotopic (exact) mass is 1310 g/mol. The van der Waals surface area contributed by atoms with Crippen LogP contribution in [0.1, 0.15) is 96.0 Å². The topological polar surface area (TPSA) is 141 Å². The Hall–Kier alpha value is -4.95. The third-order valence-corrected chi connectivity index (χ3v) is 25.4. The molecule has 2 heterocycles. The van der Waals surface area contributed by atoms with E-state index in [-0.39, 0.29) is 42.3 Å². The minimum Gasteiger partial charge on any atom is -0.487 e. The highest BCUT2D eigenvalue weighted by molar-refractivity contribution is 9.10.